The van der Waals surface area contributed by atoms with Crippen molar-refractivity contribution in [3.05, 3.63) is 72.4 Å². The number of carbonyl (C=O) groups is 1. The van der Waals surface area contributed by atoms with Gasteiger partial charge in [-0.3, -0.25) is 4.79 Å². The average molecular weight is 375 g/mol. The van der Waals surface area contributed by atoms with Crippen LogP contribution in [0.25, 0.3) is 20.9 Å². The van der Waals surface area contributed by atoms with Crippen LogP contribution in [0.4, 0.5) is 5.69 Å². The molecule has 0 saturated heterocycles. The summed E-state index contributed by atoms with van der Waals surface area (Å²) >= 11 is 1.53. The number of carbonyl (C=O) groups excluding carboxylic acids is 1. The number of hydrogen-bond donors (Lipinski definition) is 1. The fraction of sp³-hybridized carbons (Fsp3) is 0.0952. The van der Waals surface area contributed by atoms with E-state index in [1.54, 1.807) is 6.20 Å². The lowest BCUT2D eigenvalue weighted by atomic mass is 10.2. The smallest absolute Gasteiger partial charge is 0.262 e. The lowest BCUT2D eigenvalue weighted by molar-refractivity contribution is -0.118. The molecule has 0 fully saturated rings. The Morgan fingerprint density at radius 2 is 2.00 bits per heavy atom. The number of fused-ring (bicyclic) bond motifs is 1. The van der Waals surface area contributed by atoms with Gasteiger partial charge in [0.25, 0.3) is 5.91 Å². The fourth-order valence-corrected chi connectivity index (χ4v) is 3.58. The minimum Gasteiger partial charge on any atom is -0.484 e. The van der Waals surface area contributed by atoms with Crippen LogP contribution in [-0.2, 0) is 4.79 Å². The SMILES string of the molecule is Cc1cccc(OCC(=O)Nc2cccc(-c3nc4cccnc4s3)c2)c1. The van der Waals surface area contributed by atoms with Crippen molar-refractivity contribution < 1.29 is 9.53 Å². The summed E-state index contributed by atoms with van der Waals surface area (Å²) in [5.41, 5.74) is 3.61. The van der Waals surface area contributed by atoms with Crippen molar-refractivity contribution in [2.45, 2.75) is 6.92 Å². The van der Waals surface area contributed by atoms with Gasteiger partial charge in [0.15, 0.2) is 6.61 Å². The Bertz CT molecular complexity index is 1070. The second-order valence-electron chi connectivity index (χ2n) is 6.08. The molecule has 2 heterocycles. The largest absolute Gasteiger partial charge is 0.484 e. The third-order valence-electron chi connectivity index (χ3n) is 3.92. The summed E-state index contributed by atoms with van der Waals surface area (Å²) in [6.07, 6.45) is 1.76. The monoisotopic (exact) mass is 375 g/mol. The second-order valence-corrected chi connectivity index (χ2v) is 7.06. The Morgan fingerprint density at radius 3 is 2.85 bits per heavy atom. The first kappa shape index (κ1) is 17.2. The van der Waals surface area contributed by atoms with Gasteiger partial charge in [-0.2, -0.15) is 0 Å². The minimum atomic E-state index is -0.209. The maximum Gasteiger partial charge on any atom is 0.262 e. The van der Waals surface area contributed by atoms with E-state index in [0.717, 1.165) is 26.5 Å². The topological polar surface area (TPSA) is 64.1 Å². The summed E-state index contributed by atoms with van der Waals surface area (Å²) in [6, 6.07) is 19.0. The highest BCUT2D eigenvalue weighted by atomic mass is 32.1. The van der Waals surface area contributed by atoms with Gasteiger partial charge in [-0.25, -0.2) is 9.97 Å². The lowest BCUT2D eigenvalue weighted by Gasteiger charge is -2.08. The Kier molecular flexibility index (Phi) is 4.80. The summed E-state index contributed by atoms with van der Waals surface area (Å²) in [5.74, 6) is 0.473. The Hall–Kier alpha value is -3.25. The molecule has 6 heteroatoms. The number of aryl methyl sites for hydroxylation is 1. The maximum atomic E-state index is 12.2. The summed E-state index contributed by atoms with van der Waals surface area (Å²) in [6.45, 7) is 1.94. The predicted molar refractivity (Wildman–Crippen MR) is 108 cm³/mol. The summed E-state index contributed by atoms with van der Waals surface area (Å²) in [4.78, 5) is 22.0. The Morgan fingerprint density at radius 1 is 1.11 bits per heavy atom. The van der Waals surface area contributed by atoms with Gasteiger partial charge in [0.05, 0.1) is 0 Å². The predicted octanol–water partition coefficient (Wildman–Crippen LogP) is 4.68. The first-order valence-electron chi connectivity index (χ1n) is 8.49. The van der Waals surface area contributed by atoms with Gasteiger partial charge in [0.1, 0.15) is 21.1 Å². The zero-order valence-electron chi connectivity index (χ0n) is 14.7. The van der Waals surface area contributed by atoms with E-state index in [1.807, 2.05) is 67.6 Å². The molecule has 0 atom stereocenters. The highest BCUT2D eigenvalue weighted by Gasteiger charge is 2.09. The number of amides is 1. The zero-order chi connectivity index (χ0) is 18.6. The average Bonchev–Trinajstić information content (AvgIpc) is 3.11. The van der Waals surface area contributed by atoms with Crippen LogP contribution in [0.3, 0.4) is 0 Å². The van der Waals surface area contributed by atoms with Crippen molar-refractivity contribution in [3.63, 3.8) is 0 Å². The molecule has 2 aromatic heterocycles. The number of aromatic nitrogens is 2. The maximum absolute atomic E-state index is 12.2. The lowest BCUT2D eigenvalue weighted by Crippen LogP contribution is -2.20. The number of nitrogens with zero attached hydrogens (tertiary/aromatic N) is 2. The van der Waals surface area contributed by atoms with Crippen molar-refractivity contribution in [2.24, 2.45) is 0 Å². The highest BCUT2D eigenvalue weighted by Crippen LogP contribution is 2.30. The molecule has 4 aromatic rings. The molecule has 0 radical (unpaired) electrons. The van der Waals surface area contributed by atoms with Gasteiger partial charge in [0, 0.05) is 17.4 Å². The number of rotatable bonds is 5. The van der Waals surface area contributed by atoms with Crippen LogP contribution < -0.4 is 10.1 Å². The van der Waals surface area contributed by atoms with Gasteiger partial charge in [-0.1, -0.05) is 35.6 Å². The van der Waals surface area contributed by atoms with E-state index in [4.69, 9.17) is 4.74 Å². The van der Waals surface area contributed by atoms with Crippen LogP contribution >= 0.6 is 11.3 Å². The molecule has 27 heavy (non-hydrogen) atoms. The molecule has 1 N–H and O–H groups in total. The molecular weight excluding hydrogens is 358 g/mol. The van der Waals surface area contributed by atoms with Crippen LogP contribution in [0.5, 0.6) is 5.75 Å². The molecule has 0 bridgehead atoms. The number of benzene rings is 2. The number of hydrogen-bond acceptors (Lipinski definition) is 5. The van der Waals surface area contributed by atoms with Gasteiger partial charge in [-0.05, 0) is 48.9 Å². The molecule has 0 saturated carbocycles. The van der Waals surface area contributed by atoms with Gasteiger partial charge in [-0.15, -0.1) is 0 Å². The number of anilines is 1. The zero-order valence-corrected chi connectivity index (χ0v) is 15.5. The molecule has 1 amide bonds. The van der Waals surface area contributed by atoms with Gasteiger partial charge < -0.3 is 10.1 Å². The second kappa shape index (κ2) is 7.55. The summed E-state index contributed by atoms with van der Waals surface area (Å²) in [7, 11) is 0. The molecular formula is C21H17N3O2S. The summed E-state index contributed by atoms with van der Waals surface area (Å²) in [5, 5.41) is 3.74. The van der Waals surface area contributed by atoms with E-state index in [1.165, 1.54) is 11.3 Å². The Labute approximate surface area is 160 Å². The molecule has 4 rings (SSSR count). The third-order valence-corrected chi connectivity index (χ3v) is 4.95. The van der Waals surface area contributed by atoms with Crippen LogP contribution in [0.1, 0.15) is 5.56 Å². The van der Waals surface area contributed by atoms with Crippen LogP contribution in [0, 0.1) is 6.92 Å². The van der Waals surface area contributed by atoms with E-state index >= 15 is 0 Å². The molecule has 0 aliphatic carbocycles. The number of pyridine rings is 1. The van der Waals surface area contributed by atoms with E-state index in [-0.39, 0.29) is 12.5 Å². The molecule has 0 aliphatic heterocycles. The summed E-state index contributed by atoms with van der Waals surface area (Å²) < 4.78 is 5.55. The molecule has 0 aliphatic rings. The third kappa shape index (κ3) is 4.12. The van der Waals surface area contributed by atoms with E-state index in [0.29, 0.717) is 11.4 Å². The highest BCUT2D eigenvalue weighted by molar-refractivity contribution is 7.21. The first-order chi connectivity index (χ1) is 13.2. The van der Waals surface area contributed by atoms with Crippen molar-refractivity contribution in [1.82, 2.24) is 9.97 Å². The van der Waals surface area contributed by atoms with Crippen molar-refractivity contribution in [2.75, 3.05) is 11.9 Å². The van der Waals surface area contributed by atoms with Gasteiger partial charge in [0.2, 0.25) is 0 Å². The van der Waals surface area contributed by atoms with Crippen molar-refractivity contribution >= 4 is 33.3 Å². The molecule has 134 valence electrons. The molecule has 0 spiro atoms. The van der Waals surface area contributed by atoms with Crippen LogP contribution in [0.2, 0.25) is 0 Å². The molecule has 5 nitrogen and oxygen atoms in total. The number of thiazole rings is 1. The van der Waals surface area contributed by atoms with Crippen LogP contribution in [-0.4, -0.2) is 22.5 Å². The first-order valence-corrected chi connectivity index (χ1v) is 9.30. The standard InChI is InChI=1S/C21H17N3O2S/c1-14-5-2-8-17(11-14)26-13-19(25)23-16-7-3-6-15(12-16)20-24-18-9-4-10-22-21(18)27-20/h2-12H,13H2,1H3,(H,23,25). The van der Waals surface area contributed by atoms with Crippen LogP contribution in [0.15, 0.2) is 66.9 Å². The minimum absolute atomic E-state index is 0.0429. The van der Waals surface area contributed by atoms with E-state index in [2.05, 4.69) is 15.3 Å². The van der Waals surface area contributed by atoms with Gasteiger partial charge >= 0.3 is 0 Å². The fourth-order valence-electron chi connectivity index (χ4n) is 2.67. The van der Waals surface area contributed by atoms with E-state index < -0.39 is 0 Å². The number of nitrogens with one attached hydrogen (secondary N) is 1. The molecule has 2 aromatic carbocycles. The Balaban J connectivity index is 1.45. The van der Waals surface area contributed by atoms with Crippen molar-refractivity contribution in [3.8, 4) is 16.3 Å². The number of ether oxygens (including phenoxy) is 1. The molecule has 0 unspecified atom stereocenters. The van der Waals surface area contributed by atoms with Crippen molar-refractivity contribution in [1.29, 1.82) is 0 Å². The van der Waals surface area contributed by atoms with E-state index in [9.17, 15) is 4.79 Å². The quantitative estimate of drug-likeness (QED) is 0.550. The normalized spacial score (nSPS) is 10.7.